The fourth-order valence-electron chi connectivity index (χ4n) is 3.11. The van der Waals surface area contributed by atoms with Gasteiger partial charge in [0.25, 0.3) is 5.91 Å². The lowest BCUT2D eigenvalue weighted by Crippen LogP contribution is -2.32. The number of carbonyl (C=O) groups excluding carboxylic acids is 2. The van der Waals surface area contributed by atoms with Crippen LogP contribution in [0.5, 0.6) is 0 Å². The van der Waals surface area contributed by atoms with E-state index in [1.165, 1.54) is 18.2 Å². The zero-order valence-corrected chi connectivity index (χ0v) is 15.5. The molecule has 2 aromatic rings. The van der Waals surface area contributed by atoms with E-state index in [-0.39, 0.29) is 30.4 Å². The van der Waals surface area contributed by atoms with Gasteiger partial charge in [0.1, 0.15) is 0 Å². The van der Waals surface area contributed by atoms with E-state index < -0.39 is 26.4 Å². The van der Waals surface area contributed by atoms with Gasteiger partial charge in [0, 0.05) is 31.1 Å². The Morgan fingerprint density at radius 2 is 1.75 bits per heavy atom. The van der Waals surface area contributed by atoms with E-state index in [0.29, 0.717) is 6.54 Å². The molecule has 0 bridgehead atoms. The van der Waals surface area contributed by atoms with E-state index in [1.807, 2.05) is 30.3 Å². The number of nitrogens with zero attached hydrogens (tertiary/aromatic N) is 1. The zero-order chi connectivity index (χ0) is 20.3. The highest BCUT2D eigenvalue weighted by molar-refractivity contribution is 7.91. The molecule has 1 atom stereocenters. The van der Waals surface area contributed by atoms with E-state index in [0.717, 1.165) is 11.8 Å². The van der Waals surface area contributed by atoms with E-state index in [9.17, 15) is 26.8 Å². The molecule has 1 saturated heterocycles. The number of benzene rings is 2. The molecule has 1 fully saturated rings. The number of hydrogen-bond donors (Lipinski definition) is 1. The fraction of sp³-hybridized carbons (Fsp3) is 0.263. The summed E-state index contributed by atoms with van der Waals surface area (Å²) in [6, 6.07) is 13.9. The largest absolute Gasteiger partial charge is 0.352 e. The van der Waals surface area contributed by atoms with Gasteiger partial charge in [0.2, 0.25) is 15.7 Å². The van der Waals surface area contributed by atoms with Crippen LogP contribution >= 0.6 is 0 Å². The Kier molecular flexibility index (Phi) is 5.73. The van der Waals surface area contributed by atoms with Gasteiger partial charge < -0.3 is 10.2 Å². The molecule has 0 saturated carbocycles. The van der Waals surface area contributed by atoms with Crippen LogP contribution in [0.25, 0.3) is 0 Å². The van der Waals surface area contributed by atoms with E-state index >= 15 is 0 Å². The smallest absolute Gasteiger partial charge is 0.341 e. The predicted molar refractivity (Wildman–Crippen MR) is 98.9 cm³/mol. The molecule has 0 aliphatic carbocycles. The molecule has 1 heterocycles. The second-order valence-electron chi connectivity index (χ2n) is 6.42. The van der Waals surface area contributed by atoms with Crippen LogP contribution in [0.1, 0.15) is 16.8 Å². The monoisotopic (exact) mass is 408 g/mol. The van der Waals surface area contributed by atoms with Gasteiger partial charge in [-0.1, -0.05) is 30.3 Å². The molecule has 1 aliphatic rings. The maximum Gasteiger partial charge on any atom is 0.341 e. The maximum atomic E-state index is 12.9. The third-order valence-electron chi connectivity index (χ3n) is 4.50. The molecule has 6 nitrogen and oxygen atoms in total. The molecule has 1 unspecified atom stereocenters. The maximum absolute atomic E-state index is 12.9. The molecule has 0 radical (unpaired) electrons. The van der Waals surface area contributed by atoms with E-state index in [1.54, 1.807) is 4.90 Å². The van der Waals surface area contributed by atoms with Crippen molar-refractivity contribution in [2.75, 3.05) is 18.0 Å². The second-order valence-corrected chi connectivity index (χ2v) is 8.31. The van der Waals surface area contributed by atoms with Crippen LogP contribution in [-0.4, -0.2) is 39.1 Å². The standard InChI is InChI=1S/C19H18F2N2O4S/c20-19(21)28(26,27)16-9-5-4-8-15(16)18(25)22-11-13-10-17(24)23(12-13)14-6-2-1-3-7-14/h1-9,13,19H,10-12H2,(H,22,25). The minimum atomic E-state index is -4.90. The zero-order valence-electron chi connectivity index (χ0n) is 14.7. The molecule has 0 spiro atoms. The van der Waals surface area contributed by atoms with Gasteiger partial charge >= 0.3 is 5.76 Å². The van der Waals surface area contributed by atoms with Gasteiger partial charge in [-0.15, -0.1) is 0 Å². The summed E-state index contributed by atoms with van der Waals surface area (Å²) < 4.78 is 49.3. The lowest BCUT2D eigenvalue weighted by molar-refractivity contribution is -0.117. The van der Waals surface area contributed by atoms with Gasteiger partial charge in [-0.2, -0.15) is 8.78 Å². The number of rotatable bonds is 6. The van der Waals surface area contributed by atoms with Gasteiger partial charge in [0.05, 0.1) is 10.5 Å². The van der Waals surface area contributed by atoms with Crippen LogP contribution in [0, 0.1) is 5.92 Å². The van der Waals surface area contributed by atoms with Crippen LogP contribution in [0.4, 0.5) is 14.5 Å². The first kappa shape index (κ1) is 19.9. The number of halogens is 2. The molecule has 2 aromatic carbocycles. The predicted octanol–water partition coefficient (Wildman–Crippen LogP) is 2.47. The normalized spacial score (nSPS) is 17.2. The number of para-hydroxylation sites is 1. The fourth-order valence-corrected chi connectivity index (χ4v) is 4.03. The second kappa shape index (κ2) is 8.05. The average Bonchev–Trinajstić information content (AvgIpc) is 3.07. The van der Waals surface area contributed by atoms with Crippen molar-refractivity contribution in [1.82, 2.24) is 5.32 Å². The Bertz CT molecular complexity index is 980. The molecular formula is C19H18F2N2O4S. The Hall–Kier alpha value is -2.81. The molecule has 3 rings (SSSR count). The van der Waals surface area contributed by atoms with Gasteiger partial charge in [-0.3, -0.25) is 9.59 Å². The summed E-state index contributed by atoms with van der Waals surface area (Å²) in [5, 5.41) is 2.56. The van der Waals surface area contributed by atoms with E-state index in [4.69, 9.17) is 0 Å². The lowest BCUT2D eigenvalue weighted by Gasteiger charge is -2.17. The van der Waals surface area contributed by atoms with Crippen LogP contribution in [0.2, 0.25) is 0 Å². The average molecular weight is 408 g/mol. The number of amides is 2. The van der Waals surface area contributed by atoms with Crippen LogP contribution in [-0.2, 0) is 14.6 Å². The minimum Gasteiger partial charge on any atom is -0.352 e. The summed E-state index contributed by atoms with van der Waals surface area (Å²) in [6.45, 7) is 0.525. The van der Waals surface area contributed by atoms with Crippen molar-refractivity contribution in [3.63, 3.8) is 0 Å². The van der Waals surface area contributed by atoms with Crippen LogP contribution < -0.4 is 10.2 Å². The molecule has 0 aromatic heterocycles. The number of nitrogens with one attached hydrogen (secondary N) is 1. The highest BCUT2D eigenvalue weighted by Crippen LogP contribution is 2.25. The first-order chi connectivity index (χ1) is 13.3. The van der Waals surface area contributed by atoms with Crippen molar-refractivity contribution < 1.29 is 26.8 Å². The Morgan fingerprint density at radius 1 is 1.11 bits per heavy atom. The summed E-state index contributed by atoms with van der Waals surface area (Å²) in [4.78, 5) is 25.5. The topological polar surface area (TPSA) is 83.6 Å². The first-order valence-corrected chi connectivity index (χ1v) is 10.1. The van der Waals surface area contributed by atoms with Crippen molar-refractivity contribution in [3.8, 4) is 0 Å². The summed E-state index contributed by atoms with van der Waals surface area (Å²) in [7, 11) is -4.90. The van der Waals surface area contributed by atoms with Gasteiger partial charge in [-0.05, 0) is 24.3 Å². The van der Waals surface area contributed by atoms with Gasteiger partial charge in [0.15, 0.2) is 0 Å². The number of alkyl halides is 2. The lowest BCUT2D eigenvalue weighted by atomic mass is 10.1. The summed E-state index contributed by atoms with van der Waals surface area (Å²) >= 11 is 0. The highest BCUT2D eigenvalue weighted by atomic mass is 32.2. The molecule has 28 heavy (non-hydrogen) atoms. The highest BCUT2D eigenvalue weighted by Gasteiger charge is 2.33. The van der Waals surface area contributed by atoms with Crippen molar-refractivity contribution in [2.24, 2.45) is 5.92 Å². The van der Waals surface area contributed by atoms with E-state index in [2.05, 4.69) is 5.32 Å². The number of hydrogen-bond acceptors (Lipinski definition) is 4. The Balaban J connectivity index is 1.68. The minimum absolute atomic E-state index is 0.0777. The first-order valence-electron chi connectivity index (χ1n) is 8.55. The van der Waals surface area contributed by atoms with Crippen molar-refractivity contribution >= 4 is 27.3 Å². The molecule has 1 aliphatic heterocycles. The van der Waals surface area contributed by atoms with Crippen molar-refractivity contribution in [2.45, 2.75) is 17.1 Å². The van der Waals surface area contributed by atoms with Gasteiger partial charge in [-0.25, -0.2) is 8.42 Å². The third-order valence-corrected chi connectivity index (χ3v) is 5.94. The summed E-state index contributed by atoms with van der Waals surface area (Å²) in [5.41, 5.74) is 0.418. The number of carbonyl (C=O) groups is 2. The third kappa shape index (κ3) is 4.04. The quantitative estimate of drug-likeness (QED) is 0.796. The molecule has 9 heteroatoms. The SMILES string of the molecule is O=C(NCC1CC(=O)N(c2ccccc2)C1)c1ccccc1S(=O)(=O)C(F)F. The Labute approximate surface area is 161 Å². The summed E-state index contributed by atoms with van der Waals surface area (Å²) in [5.74, 6) is -4.64. The molecule has 2 amide bonds. The number of sulfone groups is 1. The Morgan fingerprint density at radius 3 is 2.43 bits per heavy atom. The molecule has 1 N–H and O–H groups in total. The van der Waals surface area contributed by atoms with Crippen LogP contribution in [0.15, 0.2) is 59.5 Å². The van der Waals surface area contributed by atoms with Crippen molar-refractivity contribution in [1.29, 1.82) is 0 Å². The molecular weight excluding hydrogens is 390 g/mol. The van der Waals surface area contributed by atoms with Crippen LogP contribution in [0.3, 0.4) is 0 Å². The molecule has 148 valence electrons. The number of anilines is 1. The van der Waals surface area contributed by atoms with Crippen molar-refractivity contribution in [3.05, 3.63) is 60.2 Å². The summed E-state index contributed by atoms with van der Waals surface area (Å²) in [6.07, 6.45) is 0.228.